The number of aromatic amines is 1. The third-order valence-corrected chi connectivity index (χ3v) is 3.94. The summed E-state index contributed by atoms with van der Waals surface area (Å²) >= 11 is 0. The fourth-order valence-electron chi connectivity index (χ4n) is 2.82. The van der Waals surface area contributed by atoms with Crippen molar-refractivity contribution in [1.82, 2.24) is 14.9 Å². The number of urea groups is 1. The van der Waals surface area contributed by atoms with Gasteiger partial charge in [0.05, 0.1) is 17.3 Å². The van der Waals surface area contributed by atoms with Crippen LogP contribution in [0.4, 0.5) is 14.9 Å². The Bertz CT molecular complexity index is 737. The molecular formula is C16H16FN5O. The van der Waals surface area contributed by atoms with Gasteiger partial charge in [-0.3, -0.25) is 0 Å². The first-order valence-electron chi connectivity index (χ1n) is 7.45. The Hall–Kier alpha value is -2.88. The number of anilines is 1. The topological polar surface area (TPSA) is 84.8 Å². The Kier molecular flexibility index (Phi) is 4.24. The van der Waals surface area contributed by atoms with Gasteiger partial charge in [0, 0.05) is 18.9 Å². The molecule has 1 atom stereocenters. The average Bonchev–Trinajstić information content (AvgIpc) is 3.10. The summed E-state index contributed by atoms with van der Waals surface area (Å²) in [4.78, 5) is 21.6. The van der Waals surface area contributed by atoms with Crippen molar-refractivity contribution in [2.24, 2.45) is 0 Å². The third-order valence-electron chi connectivity index (χ3n) is 3.94. The largest absolute Gasteiger partial charge is 0.347 e. The molecule has 1 aliphatic heterocycles. The number of H-pyrrole nitrogens is 1. The van der Waals surface area contributed by atoms with Gasteiger partial charge in [0.25, 0.3) is 0 Å². The number of nitrogens with zero attached hydrogens (tertiary/aromatic N) is 3. The number of likely N-dealkylation sites (tertiary alicyclic amines) is 1. The molecule has 1 aliphatic rings. The van der Waals surface area contributed by atoms with E-state index in [1.165, 1.54) is 12.1 Å². The highest BCUT2D eigenvalue weighted by Gasteiger charge is 2.29. The highest BCUT2D eigenvalue weighted by molar-refractivity contribution is 5.91. The van der Waals surface area contributed by atoms with Crippen molar-refractivity contribution in [1.29, 1.82) is 5.26 Å². The van der Waals surface area contributed by atoms with Crippen LogP contribution in [0.2, 0.25) is 0 Å². The molecule has 3 rings (SSSR count). The van der Waals surface area contributed by atoms with Gasteiger partial charge in [0.2, 0.25) is 0 Å². The van der Waals surface area contributed by atoms with Crippen LogP contribution in [0.3, 0.4) is 0 Å². The molecule has 0 aliphatic carbocycles. The van der Waals surface area contributed by atoms with Crippen molar-refractivity contribution in [3.8, 4) is 6.07 Å². The van der Waals surface area contributed by atoms with Gasteiger partial charge in [0.1, 0.15) is 17.7 Å². The SMILES string of the molecule is N#Cc1cc(F)ccc1NC(=O)N1CCCC[C@@H]1c1ncc[nH]1. The lowest BCUT2D eigenvalue weighted by Crippen LogP contribution is -2.41. The molecule has 2 heterocycles. The molecule has 0 spiro atoms. The molecule has 0 radical (unpaired) electrons. The maximum Gasteiger partial charge on any atom is 0.322 e. The number of halogens is 1. The predicted octanol–water partition coefficient (Wildman–Crippen LogP) is 3.18. The second-order valence-electron chi connectivity index (χ2n) is 5.41. The van der Waals surface area contributed by atoms with Gasteiger partial charge in [-0.1, -0.05) is 0 Å². The maximum atomic E-state index is 13.2. The highest BCUT2D eigenvalue weighted by Crippen LogP contribution is 2.29. The minimum Gasteiger partial charge on any atom is -0.347 e. The fourth-order valence-corrected chi connectivity index (χ4v) is 2.82. The van der Waals surface area contributed by atoms with E-state index in [4.69, 9.17) is 5.26 Å². The lowest BCUT2D eigenvalue weighted by Gasteiger charge is -2.34. The fraction of sp³-hybridized carbons (Fsp3) is 0.312. The summed E-state index contributed by atoms with van der Waals surface area (Å²) in [6.07, 6.45) is 6.16. The number of rotatable bonds is 2. The molecule has 2 N–H and O–H groups in total. The summed E-state index contributed by atoms with van der Waals surface area (Å²) < 4.78 is 13.2. The number of nitriles is 1. The predicted molar refractivity (Wildman–Crippen MR) is 82.0 cm³/mol. The van der Waals surface area contributed by atoms with Crippen LogP contribution in [0.15, 0.2) is 30.6 Å². The van der Waals surface area contributed by atoms with E-state index in [1.807, 2.05) is 6.07 Å². The molecule has 0 saturated carbocycles. The Morgan fingerprint density at radius 2 is 2.35 bits per heavy atom. The lowest BCUT2D eigenvalue weighted by atomic mass is 10.0. The van der Waals surface area contributed by atoms with E-state index < -0.39 is 5.82 Å². The zero-order valence-electron chi connectivity index (χ0n) is 12.4. The second kappa shape index (κ2) is 6.48. The van der Waals surface area contributed by atoms with E-state index in [1.54, 1.807) is 17.3 Å². The van der Waals surface area contributed by atoms with Crippen molar-refractivity contribution >= 4 is 11.7 Å². The minimum absolute atomic E-state index is 0.102. The van der Waals surface area contributed by atoms with Crippen molar-refractivity contribution in [2.75, 3.05) is 11.9 Å². The van der Waals surface area contributed by atoms with Gasteiger partial charge in [-0.25, -0.2) is 14.2 Å². The zero-order chi connectivity index (χ0) is 16.2. The van der Waals surface area contributed by atoms with Crippen LogP contribution in [0.1, 0.15) is 36.7 Å². The molecule has 1 fully saturated rings. The number of hydrogen-bond acceptors (Lipinski definition) is 3. The van der Waals surface area contributed by atoms with Crippen LogP contribution in [-0.4, -0.2) is 27.4 Å². The number of piperidine rings is 1. The molecule has 1 saturated heterocycles. The number of imidazole rings is 1. The van der Waals surface area contributed by atoms with Gasteiger partial charge < -0.3 is 15.2 Å². The third kappa shape index (κ3) is 3.16. The maximum absolute atomic E-state index is 13.2. The van der Waals surface area contributed by atoms with E-state index in [9.17, 15) is 9.18 Å². The highest BCUT2D eigenvalue weighted by atomic mass is 19.1. The van der Waals surface area contributed by atoms with Crippen LogP contribution < -0.4 is 5.32 Å². The van der Waals surface area contributed by atoms with Crippen LogP contribution in [0.25, 0.3) is 0 Å². The van der Waals surface area contributed by atoms with E-state index in [0.717, 1.165) is 31.2 Å². The number of hydrogen-bond donors (Lipinski definition) is 2. The first-order chi connectivity index (χ1) is 11.2. The first kappa shape index (κ1) is 15.0. The molecule has 6 nitrogen and oxygen atoms in total. The van der Waals surface area contributed by atoms with Gasteiger partial charge in [-0.2, -0.15) is 5.26 Å². The normalized spacial score (nSPS) is 17.6. The quantitative estimate of drug-likeness (QED) is 0.893. The monoisotopic (exact) mass is 313 g/mol. The summed E-state index contributed by atoms with van der Waals surface area (Å²) in [6, 6.07) is 5.19. The van der Waals surface area contributed by atoms with Gasteiger partial charge >= 0.3 is 6.03 Å². The molecule has 2 amide bonds. The standard InChI is InChI=1S/C16H16FN5O/c17-12-4-5-13(11(9-12)10-18)21-16(23)22-8-2-1-3-14(22)15-19-6-7-20-15/h4-7,9,14H,1-3,8H2,(H,19,20)(H,21,23)/t14-/m1/s1. The smallest absolute Gasteiger partial charge is 0.322 e. The lowest BCUT2D eigenvalue weighted by molar-refractivity contribution is 0.160. The van der Waals surface area contributed by atoms with Crippen molar-refractivity contribution in [3.05, 3.63) is 47.8 Å². The van der Waals surface area contributed by atoms with Crippen LogP contribution in [-0.2, 0) is 0 Å². The Morgan fingerprint density at radius 1 is 1.48 bits per heavy atom. The molecular weight excluding hydrogens is 297 g/mol. The second-order valence-corrected chi connectivity index (χ2v) is 5.41. The number of amides is 2. The summed E-state index contributed by atoms with van der Waals surface area (Å²) in [6.45, 7) is 0.611. The summed E-state index contributed by atoms with van der Waals surface area (Å²) in [5.41, 5.74) is 0.410. The average molecular weight is 313 g/mol. The number of benzene rings is 1. The van der Waals surface area contributed by atoms with Crippen molar-refractivity contribution in [2.45, 2.75) is 25.3 Å². The number of aromatic nitrogens is 2. The molecule has 0 unspecified atom stereocenters. The molecule has 7 heteroatoms. The minimum atomic E-state index is -0.508. The molecule has 0 bridgehead atoms. The van der Waals surface area contributed by atoms with E-state index in [-0.39, 0.29) is 17.6 Å². The first-order valence-corrected chi connectivity index (χ1v) is 7.45. The van der Waals surface area contributed by atoms with Crippen LogP contribution in [0.5, 0.6) is 0 Å². The Labute approximate surface area is 132 Å². The number of nitrogens with one attached hydrogen (secondary N) is 2. The summed E-state index contributed by atoms with van der Waals surface area (Å²) in [5, 5.41) is 11.8. The van der Waals surface area contributed by atoms with Crippen LogP contribution >= 0.6 is 0 Å². The van der Waals surface area contributed by atoms with Gasteiger partial charge in [0.15, 0.2) is 0 Å². The van der Waals surface area contributed by atoms with Crippen molar-refractivity contribution < 1.29 is 9.18 Å². The zero-order valence-corrected chi connectivity index (χ0v) is 12.4. The number of carbonyl (C=O) groups is 1. The summed E-state index contributed by atoms with van der Waals surface area (Å²) in [5.74, 6) is 0.241. The van der Waals surface area contributed by atoms with Gasteiger partial charge in [-0.05, 0) is 37.5 Å². The Morgan fingerprint density at radius 3 is 3.09 bits per heavy atom. The summed E-state index contributed by atoms with van der Waals surface area (Å²) in [7, 11) is 0. The van der Waals surface area contributed by atoms with E-state index >= 15 is 0 Å². The van der Waals surface area contributed by atoms with E-state index in [0.29, 0.717) is 12.2 Å². The molecule has 1 aromatic heterocycles. The molecule has 23 heavy (non-hydrogen) atoms. The van der Waals surface area contributed by atoms with Crippen molar-refractivity contribution in [3.63, 3.8) is 0 Å². The molecule has 1 aromatic carbocycles. The molecule has 2 aromatic rings. The Balaban J connectivity index is 1.80. The number of carbonyl (C=O) groups excluding carboxylic acids is 1. The van der Waals surface area contributed by atoms with Gasteiger partial charge in [-0.15, -0.1) is 0 Å². The van der Waals surface area contributed by atoms with E-state index in [2.05, 4.69) is 15.3 Å². The van der Waals surface area contributed by atoms with Crippen LogP contribution in [0, 0.1) is 17.1 Å². The molecule has 118 valence electrons.